The fourth-order valence-electron chi connectivity index (χ4n) is 5.25. The highest BCUT2D eigenvalue weighted by Crippen LogP contribution is 2.34. The number of ketones is 1. The molecule has 7 nitrogen and oxygen atoms in total. The predicted molar refractivity (Wildman–Crippen MR) is 157 cm³/mol. The fraction of sp³-hybridized carbons (Fsp3) is 0.344. The summed E-state index contributed by atoms with van der Waals surface area (Å²) in [6, 6.07) is 13.1. The average Bonchev–Trinajstić information content (AvgIpc) is 3.38. The summed E-state index contributed by atoms with van der Waals surface area (Å²) in [6.07, 6.45) is -1.44. The van der Waals surface area contributed by atoms with E-state index in [1.807, 2.05) is 37.1 Å². The second-order valence-electron chi connectivity index (χ2n) is 11.1. The van der Waals surface area contributed by atoms with Crippen LogP contribution in [0.1, 0.15) is 55.6 Å². The minimum atomic E-state index is -4.57. The summed E-state index contributed by atoms with van der Waals surface area (Å²) in [7, 11) is 2.00. The standard InChI is InChI=1S/C32H34F3N5O2/c1-20-4-9-27(15-23(20)6-5-22-14-26-17-29(21(2)41)38-30(26)36-18-22)37-31(42)24-7-8-25(28(16-24)32(33,34)35)19-40-12-10-39(3)11-13-40/h4,7-9,14-18H,5-6,10-13,19H2,1-3H3,(H,36,38)(H,37,42). The van der Waals surface area contributed by atoms with Gasteiger partial charge in [-0.2, -0.15) is 13.2 Å². The Balaban J connectivity index is 1.28. The number of hydrogen-bond acceptors (Lipinski definition) is 5. The molecule has 3 heterocycles. The first-order chi connectivity index (χ1) is 20.0. The van der Waals surface area contributed by atoms with Gasteiger partial charge in [-0.05, 0) is 85.5 Å². The van der Waals surface area contributed by atoms with E-state index in [4.69, 9.17) is 0 Å². The number of nitrogens with zero attached hydrogens (tertiary/aromatic N) is 3. The SMILES string of the molecule is CC(=O)c1cc2cc(CCc3cc(NC(=O)c4ccc(CN5CCN(C)CC5)c(C(F)(F)F)c4)ccc3C)cnc2[nH]1. The van der Waals surface area contributed by atoms with Crippen molar-refractivity contribution in [1.82, 2.24) is 19.8 Å². The molecule has 42 heavy (non-hydrogen) atoms. The number of likely N-dealkylation sites (N-methyl/N-ethyl adjacent to an activating group) is 1. The van der Waals surface area contributed by atoms with Crippen LogP contribution < -0.4 is 5.32 Å². The second kappa shape index (κ2) is 12.1. The van der Waals surface area contributed by atoms with Gasteiger partial charge in [0.25, 0.3) is 5.91 Å². The molecule has 1 saturated heterocycles. The quantitative estimate of drug-likeness (QED) is 0.256. The molecule has 0 unspecified atom stereocenters. The normalized spacial score (nSPS) is 14.8. The molecule has 1 fully saturated rings. The highest BCUT2D eigenvalue weighted by molar-refractivity contribution is 6.04. The minimum absolute atomic E-state index is 0.0395. The second-order valence-corrected chi connectivity index (χ2v) is 11.1. The van der Waals surface area contributed by atoms with E-state index in [0.29, 0.717) is 43.0 Å². The number of rotatable bonds is 8. The lowest BCUT2D eigenvalue weighted by Crippen LogP contribution is -2.44. The van der Waals surface area contributed by atoms with E-state index in [2.05, 4.69) is 20.2 Å². The van der Waals surface area contributed by atoms with Crippen LogP contribution in [0.2, 0.25) is 0 Å². The molecule has 2 aromatic carbocycles. The summed E-state index contributed by atoms with van der Waals surface area (Å²) >= 11 is 0. The van der Waals surface area contributed by atoms with Crippen LogP contribution in [0.25, 0.3) is 11.0 Å². The molecule has 0 saturated carbocycles. The molecule has 1 aliphatic rings. The Bertz CT molecular complexity index is 1620. The third-order valence-corrected chi connectivity index (χ3v) is 7.86. The topological polar surface area (TPSA) is 81.3 Å². The van der Waals surface area contributed by atoms with Crippen molar-refractivity contribution in [2.24, 2.45) is 0 Å². The molecule has 220 valence electrons. The van der Waals surface area contributed by atoms with Crippen molar-refractivity contribution in [2.75, 3.05) is 38.5 Å². The predicted octanol–water partition coefficient (Wildman–Crippen LogP) is 5.88. The number of aromatic nitrogens is 2. The van der Waals surface area contributed by atoms with Gasteiger partial charge >= 0.3 is 6.18 Å². The van der Waals surface area contributed by atoms with Gasteiger partial charge in [0, 0.05) is 62.5 Å². The molecule has 0 atom stereocenters. The molecular weight excluding hydrogens is 543 g/mol. The van der Waals surface area contributed by atoms with E-state index in [0.717, 1.165) is 41.2 Å². The number of Topliss-reactive ketones (excluding diaryl/α,β-unsaturated/α-hetero) is 1. The first-order valence-electron chi connectivity index (χ1n) is 14.0. The fourth-order valence-corrected chi connectivity index (χ4v) is 5.25. The third kappa shape index (κ3) is 6.88. The molecule has 5 rings (SSSR count). The maximum absolute atomic E-state index is 14.0. The Labute approximate surface area is 242 Å². The summed E-state index contributed by atoms with van der Waals surface area (Å²) in [4.78, 5) is 36.3. The van der Waals surface area contributed by atoms with Crippen LogP contribution >= 0.6 is 0 Å². The number of aryl methyl sites for hydroxylation is 3. The summed E-state index contributed by atoms with van der Waals surface area (Å²) in [5, 5.41) is 3.64. The molecule has 0 spiro atoms. The number of nitrogens with one attached hydrogen (secondary N) is 2. The number of pyridine rings is 1. The zero-order valence-electron chi connectivity index (χ0n) is 23.9. The summed E-state index contributed by atoms with van der Waals surface area (Å²) < 4.78 is 42.0. The molecule has 10 heteroatoms. The first kappa shape index (κ1) is 29.5. The van der Waals surface area contributed by atoms with Crippen molar-refractivity contribution >= 4 is 28.4 Å². The van der Waals surface area contributed by atoms with Crippen LogP contribution in [0.15, 0.2) is 54.7 Å². The van der Waals surface area contributed by atoms with Crippen LogP contribution in [0.3, 0.4) is 0 Å². The van der Waals surface area contributed by atoms with Crippen molar-refractivity contribution in [1.29, 1.82) is 0 Å². The van der Waals surface area contributed by atoms with Crippen LogP contribution in [-0.2, 0) is 25.6 Å². The Morgan fingerprint density at radius 3 is 2.45 bits per heavy atom. The van der Waals surface area contributed by atoms with Crippen molar-refractivity contribution in [3.05, 3.63) is 93.8 Å². The van der Waals surface area contributed by atoms with Crippen LogP contribution in [0.5, 0.6) is 0 Å². The molecule has 2 N–H and O–H groups in total. The molecule has 0 radical (unpaired) electrons. The number of H-pyrrole nitrogens is 1. The number of aromatic amines is 1. The van der Waals surface area contributed by atoms with E-state index < -0.39 is 17.6 Å². The Morgan fingerprint density at radius 2 is 1.74 bits per heavy atom. The van der Waals surface area contributed by atoms with E-state index in [-0.39, 0.29) is 23.5 Å². The number of carbonyl (C=O) groups is 2. The lowest BCUT2D eigenvalue weighted by molar-refractivity contribution is -0.138. The molecule has 2 aromatic heterocycles. The number of amides is 1. The van der Waals surface area contributed by atoms with Crippen LogP contribution in [0, 0.1) is 6.92 Å². The molecule has 1 aliphatic heterocycles. The third-order valence-electron chi connectivity index (χ3n) is 7.86. The summed E-state index contributed by atoms with van der Waals surface area (Å²) in [5.41, 5.74) is 4.09. The van der Waals surface area contributed by atoms with Gasteiger partial charge in [-0.3, -0.25) is 14.5 Å². The molecule has 1 amide bonds. The molecule has 0 bridgehead atoms. The van der Waals surface area contributed by atoms with Crippen LogP contribution in [0.4, 0.5) is 18.9 Å². The number of benzene rings is 2. The number of alkyl halides is 3. The highest BCUT2D eigenvalue weighted by Gasteiger charge is 2.34. The van der Waals surface area contributed by atoms with Crippen molar-refractivity contribution < 1.29 is 22.8 Å². The maximum atomic E-state index is 14.0. The smallest absolute Gasteiger partial charge is 0.337 e. The Morgan fingerprint density at radius 1 is 0.976 bits per heavy atom. The number of hydrogen-bond donors (Lipinski definition) is 2. The average molecular weight is 578 g/mol. The van der Waals surface area contributed by atoms with Gasteiger partial charge in [0.1, 0.15) is 5.65 Å². The van der Waals surface area contributed by atoms with Gasteiger partial charge < -0.3 is 15.2 Å². The van der Waals surface area contributed by atoms with Crippen molar-refractivity contribution in [3.8, 4) is 0 Å². The molecule has 0 aliphatic carbocycles. The van der Waals surface area contributed by atoms with E-state index in [9.17, 15) is 22.8 Å². The van der Waals surface area contributed by atoms with E-state index in [1.54, 1.807) is 18.3 Å². The lowest BCUT2D eigenvalue weighted by atomic mass is 10.00. The van der Waals surface area contributed by atoms with Crippen molar-refractivity contribution in [2.45, 2.75) is 39.4 Å². The van der Waals surface area contributed by atoms with Gasteiger partial charge in [-0.25, -0.2) is 4.98 Å². The summed E-state index contributed by atoms with van der Waals surface area (Å²) in [6.45, 7) is 6.68. The van der Waals surface area contributed by atoms with Gasteiger partial charge in [0.05, 0.1) is 11.3 Å². The van der Waals surface area contributed by atoms with Gasteiger partial charge in [-0.1, -0.05) is 12.1 Å². The number of piperazine rings is 1. The largest absolute Gasteiger partial charge is 0.416 e. The summed E-state index contributed by atoms with van der Waals surface area (Å²) in [5.74, 6) is -0.648. The van der Waals surface area contributed by atoms with Gasteiger partial charge in [-0.15, -0.1) is 0 Å². The maximum Gasteiger partial charge on any atom is 0.416 e. The lowest BCUT2D eigenvalue weighted by Gasteiger charge is -2.33. The van der Waals surface area contributed by atoms with Gasteiger partial charge in [0.15, 0.2) is 5.78 Å². The highest BCUT2D eigenvalue weighted by atomic mass is 19.4. The number of fused-ring (bicyclic) bond motifs is 1. The number of halogens is 3. The van der Waals surface area contributed by atoms with Crippen LogP contribution in [-0.4, -0.2) is 64.7 Å². The minimum Gasteiger partial charge on any atom is -0.337 e. The molecule has 4 aromatic rings. The Hall–Kier alpha value is -4.02. The number of carbonyl (C=O) groups excluding carboxylic acids is 2. The number of anilines is 1. The zero-order chi connectivity index (χ0) is 30.0. The van der Waals surface area contributed by atoms with E-state index >= 15 is 0 Å². The zero-order valence-corrected chi connectivity index (χ0v) is 23.9. The Kier molecular flexibility index (Phi) is 8.47. The first-order valence-corrected chi connectivity index (χ1v) is 14.0. The monoisotopic (exact) mass is 577 g/mol. The molecular formula is C32H34F3N5O2. The van der Waals surface area contributed by atoms with E-state index in [1.165, 1.54) is 19.1 Å². The van der Waals surface area contributed by atoms with Gasteiger partial charge in [0.2, 0.25) is 0 Å². The van der Waals surface area contributed by atoms with Crippen molar-refractivity contribution in [3.63, 3.8) is 0 Å².